The molecule has 0 spiro atoms. The second-order valence-electron chi connectivity index (χ2n) is 7.85. The van der Waals surface area contributed by atoms with E-state index in [4.69, 9.17) is 9.97 Å². The van der Waals surface area contributed by atoms with Gasteiger partial charge in [0, 0.05) is 35.8 Å². The van der Waals surface area contributed by atoms with Gasteiger partial charge in [-0.2, -0.15) is 0 Å². The lowest BCUT2D eigenvalue weighted by Crippen LogP contribution is -2.28. The number of aromatic nitrogens is 3. The van der Waals surface area contributed by atoms with Crippen LogP contribution in [0.25, 0.3) is 32.6 Å². The fraction of sp³-hybridized carbons (Fsp3) is 0.200. The molecule has 1 aliphatic carbocycles. The molecule has 0 saturated carbocycles. The van der Waals surface area contributed by atoms with E-state index in [1.165, 1.54) is 22.5 Å². The number of hydrogen-bond donors (Lipinski definition) is 2. The molecule has 0 aliphatic heterocycles. The molecule has 7 heteroatoms. The van der Waals surface area contributed by atoms with Crippen LogP contribution in [-0.4, -0.2) is 27.5 Å². The predicted molar refractivity (Wildman–Crippen MR) is 130 cm³/mol. The fourth-order valence-corrected chi connectivity index (χ4v) is 4.96. The van der Waals surface area contributed by atoms with Crippen molar-refractivity contribution >= 4 is 32.7 Å². The average Bonchev–Trinajstić information content (AvgIpc) is 3.20. The smallest absolute Gasteiger partial charge is 0.321 e. The number of allylic oxidation sites excluding steroid dienone is 1. The summed E-state index contributed by atoms with van der Waals surface area (Å²) < 4.78 is 0.985. The molecular formula is C25H23N5OS. The molecule has 0 radical (unpaired) electrons. The molecule has 4 aromatic rings. The number of fused-ring (bicyclic) bond motifs is 2. The highest BCUT2D eigenvalue weighted by Gasteiger charge is 2.17. The molecule has 1 aromatic carbocycles. The van der Waals surface area contributed by atoms with Crippen LogP contribution in [0.4, 0.5) is 9.93 Å². The molecule has 32 heavy (non-hydrogen) atoms. The van der Waals surface area contributed by atoms with Crippen molar-refractivity contribution in [2.24, 2.45) is 0 Å². The van der Waals surface area contributed by atoms with Gasteiger partial charge in [0.25, 0.3) is 0 Å². The molecule has 0 bridgehead atoms. The van der Waals surface area contributed by atoms with Gasteiger partial charge in [-0.05, 0) is 67.6 Å². The van der Waals surface area contributed by atoms with Crippen molar-refractivity contribution in [1.82, 2.24) is 20.3 Å². The number of nitrogens with zero attached hydrogens (tertiary/aromatic N) is 3. The minimum absolute atomic E-state index is 0.259. The lowest BCUT2D eigenvalue weighted by atomic mass is 9.90. The Hall–Kier alpha value is -3.58. The molecule has 160 valence electrons. The normalized spacial score (nSPS) is 13.1. The molecule has 6 nitrogen and oxygen atoms in total. The third-order valence-corrected chi connectivity index (χ3v) is 6.56. The van der Waals surface area contributed by atoms with Crippen LogP contribution in [0.3, 0.4) is 0 Å². The van der Waals surface area contributed by atoms with Crippen LogP contribution < -0.4 is 10.6 Å². The lowest BCUT2D eigenvalue weighted by molar-refractivity contribution is 0.252. The van der Waals surface area contributed by atoms with Crippen molar-refractivity contribution in [2.45, 2.75) is 26.2 Å². The van der Waals surface area contributed by atoms with Gasteiger partial charge in [-0.3, -0.25) is 15.3 Å². The molecule has 5 rings (SSSR count). The van der Waals surface area contributed by atoms with Crippen molar-refractivity contribution in [2.75, 3.05) is 11.9 Å². The summed E-state index contributed by atoms with van der Waals surface area (Å²) in [6.45, 7) is 6.60. The maximum Gasteiger partial charge on any atom is 0.321 e. The molecule has 0 atom stereocenters. The number of benzene rings is 1. The Morgan fingerprint density at radius 3 is 2.88 bits per heavy atom. The summed E-state index contributed by atoms with van der Waals surface area (Å²) >= 11 is 1.45. The summed E-state index contributed by atoms with van der Waals surface area (Å²) in [7, 11) is 0. The maximum atomic E-state index is 12.0. The van der Waals surface area contributed by atoms with Crippen molar-refractivity contribution in [1.29, 1.82) is 0 Å². The van der Waals surface area contributed by atoms with E-state index in [0.29, 0.717) is 11.7 Å². The molecule has 2 N–H and O–H groups in total. The number of nitrogens with one attached hydrogen (secondary N) is 2. The van der Waals surface area contributed by atoms with Crippen LogP contribution in [-0.2, 0) is 12.8 Å². The van der Waals surface area contributed by atoms with Gasteiger partial charge in [0.15, 0.2) is 5.13 Å². The zero-order valence-electron chi connectivity index (χ0n) is 17.8. The van der Waals surface area contributed by atoms with Crippen LogP contribution in [0.5, 0.6) is 0 Å². The number of aryl methyl sites for hydroxylation is 1. The van der Waals surface area contributed by atoms with Gasteiger partial charge in [-0.1, -0.05) is 29.6 Å². The monoisotopic (exact) mass is 441 g/mol. The number of amides is 2. The number of anilines is 1. The zero-order valence-corrected chi connectivity index (χ0v) is 18.6. The van der Waals surface area contributed by atoms with Crippen LogP contribution in [0.15, 0.2) is 60.9 Å². The topological polar surface area (TPSA) is 79.8 Å². The van der Waals surface area contributed by atoms with E-state index in [1.807, 2.05) is 31.3 Å². The molecular weight excluding hydrogens is 418 g/mol. The van der Waals surface area contributed by atoms with Gasteiger partial charge in [-0.25, -0.2) is 9.78 Å². The first-order valence-corrected chi connectivity index (χ1v) is 11.5. The standard InChI is InChI=1S/C25H23N5OS/c1-3-26-24(31)30-25-29-22-13-16(12-19(23(22)32-25)21-6-4-5-9-27-21)18-11-17-10-15(2)7-8-20(17)28-14-18/h4-6,9,11-14H,2-3,7-8,10H2,1H3,(H2,26,29,30,31). The van der Waals surface area contributed by atoms with Gasteiger partial charge in [0.2, 0.25) is 0 Å². The Balaban J connectivity index is 1.63. The Labute approximate surface area is 190 Å². The van der Waals surface area contributed by atoms with Crippen molar-refractivity contribution < 1.29 is 4.79 Å². The van der Waals surface area contributed by atoms with E-state index in [9.17, 15) is 4.79 Å². The number of thiazole rings is 1. The summed E-state index contributed by atoms with van der Waals surface area (Å²) in [4.78, 5) is 26.0. The lowest BCUT2D eigenvalue weighted by Gasteiger charge is -2.18. The van der Waals surface area contributed by atoms with E-state index < -0.39 is 0 Å². The van der Waals surface area contributed by atoms with Crippen molar-refractivity contribution in [3.63, 3.8) is 0 Å². The van der Waals surface area contributed by atoms with Crippen LogP contribution in [0, 0.1) is 0 Å². The number of pyridine rings is 2. The van der Waals surface area contributed by atoms with Gasteiger partial charge >= 0.3 is 6.03 Å². The summed E-state index contributed by atoms with van der Waals surface area (Å²) in [6, 6.07) is 12.0. The Kier molecular flexibility index (Phi) is 5.41. The number of carbonyl (C=O) groups excluding carboxylic acids is 1. The van der Waals surface area contributed by atoms with Crippen molar-refractivity contribution in [3.05, 3.63) is 72.2 Å². The second-order valence-corrected chi connectivity index (χ2v) is 8.85. The van der Waals surface area contributed by atoms with E-state index in [-0.39, 0.29) is 6.03 Å². The highest BCUT2D eigenvalue weighted by Crippen LogP contribution is 2.38. The van der Waals surface area contributed by atoms with Crippen molar-refractivity contribution in [3.8, 4) is 22.4 Å². The number of carbonyl (C=O) groups is 1. The van der Waals surface area contributed by atoms with Gasteiger partial charge < -0.3 is 5.32 Å². The molecule has 0 fully saturated rings. The quantitative estimate of drug-likeness (QED) is 0.404. The molecule has 3 aromatic heterocycles. The number of hydrogen-bond acceptors (Lipinski definition) is 5. The summed E-state index contributed by atoms with van der Waals surface area (Å²) in [5, 5.41) is 6.13. The Morgan fingerprint density at radius 2 is 2.06 bits per heavy atom. The predicted octanol–water partition coefficient (Wildman–Crippen LogP) is 5.61. The largest absolute Gasteiger partial charge is 0.338 e. The maximum absolute atomic E-state index is 12.0. The van der Waals surface area contributed by atoms with Gasteiger partial charge in [0.05, 0.1) is 15.9 Å². The highest BCUT2D eigenvalue weighted by molar-refractivity contribution is 7.22. The van der Waals surface area contributed by atoms with Crippen LogP contribution in [0.1, 0.15) is 24.6 Å². The Morgan fingerprint density at radius 1 is 1.16 bits per heavy atom. The SMILES string of the molecule is C=C1CCc2ncc(-c3cc(-c4ccccn4)c4sc(NC(=O)NCC)nc4c3)cc2C1. The molecule has 0 unspecified atom stereocenters. The van der Waals surface area contributed by atoms with E-state index in [0.717, 1.165) is 57.6 Å². The first-order chi connectivity index (χ1) is 15.6. The van der Waals surface area contributed by atoms with E-state index in [2.05, 4.69) is 40.4 Å². The molecule has 0 saturated heterocycles. The minimum atomic E-state index is -0.259. The summed E-state index contributed by atoms with van der Waals surface area (Å²) in [6.07, 6.45) is 6.57. The minimum Gasteiger partial charge on any atom is -0.338 e. The second kappa shape index (κ2) is 8.51. The van der Waals surface area contributed by atoms with Crippen LogP contribution >= 0.6 is 11.3 Å². The summed E-state index contributed by atoms with van der Waals surface area (Å²) in [5.41, 5.74) is 8.41. The third kappa shape index (κ3) is 3.99. The summed E-state index contributed by atoms with van der Waals surface area (Å²) in [5.74, 6) is 0. The fourth-order valence-electron chi connectivity index (χ4n) is 3.99. The number of urea groups is 1. The molecule has 1 aliphatic rings. The van der Waals surface area contributed by atoms with Gasteiger partial charge in [-0.15, -0.1) is 0 Å². The Bertz CT molecular complexity index is 1330. The molecule has 3 heterocycles. The van der Waals surface area contributed by atoms with Gasteiger partial charge in [0.1, 0.15) is 0 Å². The molecule has 2 amide bonds. The number of rotatable bonds is 4. The van der Waals surface area contributed by atoms with E-state index >= 15 is 0 Å². The van der Waals surface area contributed by atoms with Crippen LogP contribution in [0.2, 0.25) is 0 Å². The first kappa shape index (κ1) is 20.3. The first-order valence-electron chi connectivity index (χ1n) is 10.7. The average molecular weight is 442 g/mol. The third-order valence-electron chi connectivity index (χ3n) is 5.54. The highest BCUT2D eigenvalue weighted by atomic mass is 32.1. The zero-order chi connectivity index (χ0) is 22.1. The van der Waals surface area contributed by atoms with E-state index in [1.54, 1.807) is 6.20 Å².